The molecule has 4 nitrogen and oxygen atoms in total. The topological polar surface area (TPSA) is 55.8 Å². The van der Waals surface area contributed by atoms with Crippen LogP contribution in [0, 0.1) is 0 Å². The first kappa shape index (κ1) is 10.5. The first-order valence-electron chi connectivity index (χ1n) is 4.46. The van der Waals surface area contributed by atoms with Crippen molar-refractivity contribution in [1.82, 2.24) is 0 Å². The fourth-order valence-electron chi connectivity index (χ4n) is 1.80. The van der Waals surface area contributed by atoms with Crippen LogP contribution in [0.15, 0.2) is 0 Å². The van der Waals surface area contributed by atoms with Crippen LogP contribution < -0.4 is 0 Å². The summed E-state index contributed by atoms with van der Waals surface area (Å²) in [5, 5.41) is 8.98. The summed E-state index contributed by atoms with van der Waals surface area (Å²) in [6.45, 7) is 0. The van der Waals surface area contributed by atoms with Crippen LogP contribution in [0.5, 0.6) is 0 Å². The molecule has 0 aromatic rings. The molecule has 76 valence electrons. The second-order valence-electron chi connectivity index (χ2n) is 3.44. The third-order valence-electron chi connectivity index (χ3n) is 2.85. The van der Waals surface area contributed by atoms with E-state index in [-0.39, 0.29) is 6.10 Å². The zero-order valence-corrected chi connectivity index (χ0v) is 8.08. The van der Waals surface area contributed by atoms with Crippen molar-refractivity contribution in [2.75, 3.05) is 14.2 Å². The van der Waals surface area contributed by atoms with Gasteiger partial charge in [-0.2, -0.15) is 0 Å². The Balaban J connectivity index is 2.58. The van der Waals surface area contributed by atoms with Crippen LogP contribution in [0.2, 0.25) is 0 Å². The monoisotopic (exact) mass is 188 g/mol. The molecule has 1 aliphatic carbocycles. The molecule has 0 aromatic carbocycles. The van der Waals surface area contributed by atoms with Crippen LogP contribution in [0.1, 0.15) is 25.7 Å². The number of carbonyl (C=O) groups is 1. The molecule has 1 rings (SSSR count). The molecular formula is C9H16O4. The van der Waals surface area contributed by atoms with E-state index in [1.54, 1.807) is 7.11 Å². The molecule has 0 unspecified atom stereocenters. The largest absolute Gasteiger partial charge is 0.479 e. The van der Waals surface area contributed by atoms with E-state index in [4.69, 9.17) is 14.6 Å². The fraction of sp³-hybridized carbons (Fsp3) is 0.889. The molecule has 0 atom stereocenters. The van der Waals surface area contributed by atoms with Gasteiger partial charge in [0.05, 0.1) is 6.10 Å². The van der Waals surface area contributed by atoms with E-state index in [1.807, 2.05) is 0 Å². The molecule has 0 radical (unpaired) electrons. The summed E-state index contributed by atoms with van der Waals surface area (Å²) >= 11 is 0. The van der Waals surface area contributed by atoms with Crippen LogP contribution in [-0.2, 0) is 14.3 Å². The molecule has 4 heteroatoms. The van der Waals surface area contributed by atoms with Crippen molar-refractivity contribution >= 4 is 5.97 Å². The van der Waals surface area contributed by atoms with Crippen molar-refractivity contribution in [2.24, 2.45) is 0 Å². The highest BCUT2D eigenvalue weighted by molar-refractivity contribution is 5.77. The molecule has 1 N–H and O–H groups in total. The third-order valence-corrected chi connectivity index (χ3v) is 2.85. The Morgan fingerprint density at radius 1 is 1.38 bits per heavy atom. The second kappa shape index (κ2) is 4.07. The van der Waals surface area contributed by atoms with E-state index in [0.29, 0.717) is 12.8 Å². The molecule has 1 fully saturated rings. The standard InChI is InChI=1S/C9H16O4/c1-12-7-3-5-9(13-2,6-4-7)8(10)11/h7H,3-6H2,1-2H3,(H,10,11). The molecular weight excluding hydrogens is 172 g/mol. The highest BCUT2D eigenvalue weighted by Crippen LogP contribution is 2.32. The third kappa shape index (κ3) is 2.00. The summed E-state index contributed by atoms with van der Waals surface area (Å²) in [5.74, 6) is -0.857. The molecule has 0 spiro atoms. The molecule has 0 aromatic heterocycles. The molecule has 1 saturated carbocycles. The minimum atomic E-state index is -0.963. The molecule has 0 saturated heterocycles. The average molecular weight is 188 g/mol. The lowest BCUT2D eigenvalue weighted by Gasteiger charge is -2.34. The smallest absolute Gasteiger partial charge is 0.335 e. The predicted octanol–water partition coefficient (Wildman–Crippen LogP) is 1.05. The van der Waals surface area contributed by atoms with Crippen LogP contribution in [0.25, 0.3) is 0 Å². The summed E-state index contributed by atoms with van der Waals surface area (Å²) in [6, 6.07) is 0. The van der Waals surface area contributed by atoms with Crippen molar-refractivity contribution < 1.29 is 19.4 Å². The van der Waals surface area contributed by atoms with Crippen molar-refractivity contribution in [3.05, 3.63) is 0 Å². The van der Waals surface area contributed by atoms with Gasteiger partial charge in [0, 0.05) is 14.2 Å². The van der Waals surface area contributed by atoms with Gasteiger partial charge in [0.25, 0.3) is 0 Å². The maximum Gasteiger partial charge on any atom is 0.335 e. The molecule has 0 heterocycles. The molecule has 0 aliphatic heterocycles. The van der Waals surface area contributed by atoms with Crippen molar-refractivity contribution in [1.29, 1.82) is 0 Å². The van der Waals surface area contributed by atoms with Gasteiger partial charge in [-0.3, -0.25) is 0 Å². The summed E-state index contributed by atoms with van der Waals surface area (Å²) in [6.07, 6.45) is 2.80. The Bertz CT molecular complexity index is 182. The minimum absolute atomic E-state index is 0.197. The van der Waals surface area contributed by atoms with E-state index >= 15 is 0 Å². The van der Waals surface area contributed by atoms with Gasteiger partial charge in [-0.15, -0.1) is 0 Å². The average Bonchev–Trinajstić information content (AvgIpc) is 2.17. The van der Waals surface area contributed by atoms with Gasteiger partial charge in [0.1, 0.15) is 0 Å². The van der Waals surface area contributed by atoms with Crippen LogP contribution in [0.4, 0.5) is 0 Å². The van der Waals surface area contributed by atoms with Crippen molar-refractivity contribution in [3.8, 4) is 0 Å². The molecule has 1 aliphatic rings. The van der Waals surface area contributed by atoms with E-state index in [9.17, 15) is 4.79 Å². The van der Waals surface area contributed by atoms with Gasteiger partial charge < -0.3 is 14.6 Å². The number of rotatable bonds is 3. The SMILES string of the molecule is COC1CCC(OC)(C(=O)O)CC1. The molecule has 13 heavy (non-hydrogen) atoms. The first-order valence-corrected chi connectivity index (χ1v) is 4.46. The number of aliphatic carboxylic acids is 1. The quantitative estimate of drug-likeness (QED) is 0.719. The van der Waals surface area contributed by atoms with Gasteiger partial charge in [0.15, 0.2) is 5.60 Å². The van der Waals surface area contributed by atoms with Crippen molar-refractivity contribution in [3.63, 3.8) is 0 Å². The fourth-order valence-corrected chi connectivity index (χ4v) is 1.80. The van der Waals surface area contributed by atoms with E-state index in [0.717, 1.165) is 12.8 Å². The van der Waals surface area contributed by atoms with Crippen LogP contribution in [0.3, 0.4) is 0 Å². The summed E-state index contributed by atoms with van der Waals surface area (Å²) < 4.78 is 10.2. The minimum Gasteiger partial charge on any atom is -0.479 e. The van der Waals surface area contributed by atoms with E-state index < -0.39 is 11.6 Å². The highest BCUT2D eigenvalue weighted by atomic mass is 16.5. The molecule has 0 amide bonds. The van der Waals surface area contributed by atoms with Crippen LogP contribution in [-0.4, -0.2) is 37.0 Å². The van der Waals surface area contributed by atoms with Gasteiger partial charge in [-0.25, -0.2) is 4.79 Å². The Labute approximate surface area is 77.8 Å². The van der Waals surface area contributed by atoms with Gasteiger partial charge in [-0.05, 0) is 25.7 Å². The molecule has 0 bridgehead atoms. The van der Waals surface area contributed by atoms with Gasteiger partial charge in [0.2, 0.25) is 0 Å². The Hall–Kier alpha value is -0.610. The van der Waals surface area contributed by atoms with E-state index in [2.05, 4.69) is 0 Å². The number of hydrogen-bond donors (Lipinski definition) is 1. The predicted molar refractivity (Wildman–Crippen MR) is 46.6 cm³/mol. The summed E-state index contributed by atoms with van der Waals surface area (Å²) in [4.78, 5) is 10.9. The Kier molecular flexibility index (Phi) is 3.27. The normalized spacial score (nSPS) is 34.5. The Morgan fingerprint density at radius 2 is 1.92 bits per heavy atom. The maximum atomic E-state index is 10.9. The zero-order valence-electron chi connectivity index (χ0n) is 8.08. The van der Waals surface area contributed by atoms with Gasteiger partial charge >= 0.3 is 5.97 Å². The van der Waals surface area contributed by atoms with Crippen molar-refractivity contribution in [2.45, 2.75) is 37.4 Å². The number of methoxy groups -OCH3 is 2. The van der Waals surface area contributed by atoms with Crippen LogP contribution >= 0.6 is 0 Å². The lowest BCUT2D eigenvalue weighted by Crippen LogP contribution is -2.45. The maximum absolute atomic E-state index is 10.9. The Morgan fingerprint density at radius 3 is 2.23 bits per heavy atom. The number of carboxylic acids is 1. The first-order chi connectivity index (χ1) is 6.14. The summed E-state index contributed by atoms with van der Waals surface area (Å²) in [7, 11) is 3.12. The van der Waals surface area contributed by atoms with Gasteiger partial charge in [-0.1, -0.05) is 0 Å². The zero-order chi connectivity index (χ0) is 9.90. The number of carboxylic acid groups (broad SMARTS) is 1. The number of hydrogen-bond acceptors (Lipinski definition) is 3. The lowest BCUT2D eigenvalue weighted by atomic mass is 9.83. The highest BCUT2D eigenvalue weighted by Gasteiger charge is 2.42. The lowest BCUT2D eigenvalue weighted by molar-refractivity contribution is -0.169. The van der Waals surface area contributed by atoms with E-state index in [1.165, 1.54) is 7.11 Å². The summed E-state index contributed by atoms with van der Waals surface area (Å²) in [5.41, 5.74) is -0.963. The number of ether oxygens (including phenoxy) is 2. The second-order valence-corrected chi connectivity index (χ2v) is 3.44.